The van der Waals surface area contributed by atoms with Gasteiger partial charge < -0.3 is 10.3 Å². The Morgan fingerprint density at radius 1 is 1.29 bits per heavy atom. The Labute approximate surface area is 124 Å². The van der Waals surface area contributed by atoms with Crippen molar-refractivity contribution in [3.05, 3.63) is 17.2 Å². The van der Waals surface area contributed by atoms with Crippen molar-refractivity contribution in [2.75, 3.05) is 0 Å². The molecular weight excluding hydrogens is 266 g/mol. The van der Waals surface area contributed by atoms with E-state index in [0.717, 1.165) is 55.6 Å². The molecule has 21 heavy (non-hydrogen) atoms. The van der Waals surface area contributed by atoms with E-state index in [1.807, 2.05) is 18.5 Å². The SMILES string of the molecule is CCCn1nc(C)c(-c2nc(C3(N)CCCC3)no2)c1C. The van der Waals surface area contributed by atoms with Crippen LogP contribution in [0.1, 0.15) is 56.2 Å². The van der Waals surface area contributed by atoms with E-state index < -0.39 is 5.54 Å². The van der Waals surface area contributed by atoms with Gasteiger partial charge in [0.05, 0.1) is 16.8 Å². The second kappa shape index (κ2) is 5.26. The van der Waals surface area contributed by atoms with E-state index in [1.54, 1.807) is 0 Å². The highest BCUT2D eigenvalue weighted by atomic mass is 16.5. The van der Waals surface area contributed by atoms with Crippen LogP contribution in [0.15, 0.2) is 4.52 Å². The van der Waals surface area contributed by atoms with E-state index >= 15 is 0 Å². The molecule has 0 unspecified atom stereocenters. The fourth-order valence-electron chi connectivity index (χ4n) is 3.19. The Balaban J connectivity index is 1.97. The highest BCUT2D eigenvalue weighted by molar-refractivity contribution is 5.59. The zero-order valence-corrected chi connectivity index (χ0v) is 13.0. The number of aromatic nitrogens is 4. The molecule has 0 spiro atoms. The van der Waals surface area contributed by atoms with Crippen LogP contribution in [-0.4, -0.2) is 19.9 Å². The molecule has 2 N–H and O–H groups in total. The van der Waals surface area contributed by atoms with E-state index in [0.29, 0.717) is 11.7 Å². The molecule has 1 aliphatic carbocycles. The Hall–Kier alpha value is -1.69. The summed E-state index contributed by atoms with van der Waals surface area (Å²) in [7, 11) is 0. The van der Waals surface area contributed by atoms with E-state index in [-0.39, 0.29) is 0 Å². The zero-order valence-electron chi connectivity index (χ0n) is 13.0. The standard InChI is InChI=1S/C15H23N5O/c1-4-9-20-11(3)12(10(2)18-20)13-17-14(19-21-13)15(16)7-5-6-8-15/h4-9,16H2,1-3H3. The molecule has 0 aromatic carbocycles. The first-order valence-electron chi connectivity index (χ1n) is 7.72. The van der Waals surface area contributed by atoms with Gasteiger partial charge >= 0.3 is 0 Å². The average molecular weight is 289 g/mol. The lowest BCUT2D eigenvalue weighted by molar-refractivity contribution is 0.372. The predicted molar refractivity (Wildman–Crippen MR) is 79.6 cm³/mol. The summed E-state index contributed by atoms with van der Waals surface area (Å²) in [4.78, 5) is 4.57. The van der Waals surface area contributed by atoms with Gasteiger partial charge in [0.25, 0.3) is 5.89 Å². The van der Waals surface area contributed by atoms with Gasteiger partial charge in [-0.1, -0.05) is 24.9 Å². The van der Waals surface area contributed by atoms with E-state index in [9.17, 15) is 0 Å². The van der Waals surface area contributed by atoms with Crippen molar-refractivity contribution in [1.82, 2.24) is 19.9 Å². The smallest absolute Gasteiger partial charge is 0.261 e. The Morgan fingerprint density at radius 3 is 2.67 bits per heavy atom. The second-order valence-electron chi connectivity index (χ2n) is 6.06. The van der Waals surface area contributed by atoms with Gasteiger partial charge in [-0.15, -0.1) is 0 Å². The van der Waals surface area contributed by atoms with Gasteiger partial charge in [0.15, 0.2) is 5.82 Å². The molecule has 6 nitrogen and oxygen atoms in total. The minimum atomic E-state index is -0.414. The molecule has 0 aliphatic heterocycles. The molecule has 6 heteroatoms. The summed E-state index contributed by atoms with van der Waals surface area (Å²) in [5.41, 5.74) is 8.93. The van der Waals surface area contributed by atoms with Crippen molar-refractivity contribution in [2.24, 2.45) is 5.73 Å². The third-order valence-electron chi connectivity index (χ3n) is 4.40. The fourth-order valence-corrected chi connectivity index (χ4v) is 3.19. The van der Waals surface area contributed by atoms with Crippen LogP contribution in [0, 0.1) is 13.8 Å². The van der Waals surface area contributed by atoms with Crippen LogP contribution in [-0.2, 0) is 12.1 Å². The first-order chi connectivity index (χ1) is 10.0. The molecule has 0 saturated heterocycles. The molecule has 0 atom stereocenters. The molecule has 1 fully saturated rings. The van der Waals surface area contributed by atoms with Crippen molar-refractivity contribution in [3.8, 4) is 11.5 Å². The molecule has 1 aliphatic rings. The summed E-state index contributed by atoms with van der Waals surface area (Å²) in [6, 6.07) is 0. The van der Waals surface area contributed by atoms with Gasteiger partial charge in [-0.3, -0.25) is 4.68 Å². The third-order valence-corrected chi connectivity index (χ3v) is 4.40. The first-order valence-corrected chi connectivity index (χ1v) is 7.72. The molecule has 3 rings (SSSR count). The largest absolute Gasteiger partial charge is 0.334 e. The Kier molecular flexibility index (Phi) is 3.57. The van der Waals surface area contributed by atoms with E-state index in [1.165, 1.54) is 0 Å². The molecule has 2 heterocycles. The topological polar surface area (TPSA) is 82.8 Å². The van der Waals surface area contributed by atoms with Crippen LogP contribution >= 0.6 is 0 Å². The number of hydrogen-bond acceptors (Lipinski definition) is 5. The van der Waals surface area contributed by atoms with Crippen molar-refractivity contribution < 1.29 is 4.52 Å². The molecule has 2 aromatic heterocycles. The number of nitrogens with two attached hydrogens (primary N) is 1. The average Bonchev–Trinajstić information content (AvgIpc) is 3.13. The van der Waals surface area contributed by atoms with Crippen LogP contribution in [0.2, 0.25) is 0 Å². The highest BCUT2D eigenvalue weighted by Gasteiger charge is 2.36. The Morgan fingerprint density at radius 2 is 2.00 bits per heavy atom. The van der Waals surface area contributed by atoms with Gasteiger partial charge in [-0.2, -0.15) is 10.1 Å². The molecular formula is C15H23N5O. The summed E-state index contributed by atoms with van der Waals surface area (Å²) >= 11 is 0. The lowest BCUT2D eigenvalue weighted by Gasteiger charge is -2.17. The second-order valence-corrected chi connectivity index (χ2v) is 6.06. The fraction of sp³-hybridized carbons (Fsp3) is 0.667. The Bertz CT molecular complexity index is 637. The third kappa shape index (κ3) is 2.37. The van der Waals surface area contributed by atoms with Crippen LogP contribution < -0.4 is 5.73 Å². The quantitative estimate of drug-likeness (QED) is 0.935. The number of nitrogens with zero attached hydrogens (tertiary/aromatic N) is 4. The maximum absolute atomic E-state index is 6.39. The number of rotatable bonds is 4. The molecule has 1 saturated carbocycles. The molecule has 0 amide bonds. The van der Waals surface area contributed by atoms with Crippen LogP contribution in [0.5, 0.6) is 0 Å². The van der Waals surface area contributed by atoms with E-state index in [4.69, 9.17) is 10.3 Å². The lowest BCUT2D eigenvalue weighted by Crippen LogP contribution is -2.34. The van der Waals surface area contributed by atoms with Gasteiger partial charge in [-0.25, -0.2) is 0 Å². The monoisotopic (exact) mass is 289 g/mol. The van der Waals surface area contributed by atoms with Gasteiger partial charge in [0.1, 0.15) is 0 Å². The number of hydrogen-bond donors (Lipinski definition) is 1. The highest BCUT2D eigenvalue weighted by Crippen LogP contribution is 2.36. The van der Waals surface area contributed by atoms with Crippen LogP contribution in [0.3, 0.4) is 0 Å². The molecule has 2 aromatic rings. The summed E-state index contributed by atoms with van der Waals surface area (Å²) in [5.74, 6) is 1.18. The van der Waals surface area contributed by atoms with Crippen molar-refractivity contribution >= 4 is 0 Å². The lowest BCUT2D eigenvalue weighted by atomic mass is 9.98. The van der Waals surface area contributed by atoms with Gasteiger partial charge in [0.2, 0.25) is 0 Å². The minimum absolute atomic E-state index is 0.414. The summed E-state index contributed by atoms with van der Waals surface area (Å²) in [6.07, 6.45) is 5.17. The minimum Gasteiger partial charge on any atom is -0.334 e. The number of aryl methyl sites for hydroxylation is 2. The molecule has 0 bridgehead atoms. The van der Waals surface area contributed by atoms with Crippen LogP contribution in [0.4, 0.5) is 0 Å². The maximum atomic E-state index is 6.39. The van der Waals surface area contributed by atoms with Crippen LogP contribution in [0.25, 0.3) is 11.5 Å². The first kappa shape index (κ1) is 14.3. The van der Waals surface area contributed by atoms with Crippen molar-refractivity contribution in [1.29, 1.82) is 0 Å². The molecule has 0 radical (unpaired) electrons. The van der Waals surface area contributed by atoms with Crippen molar-refractivity contribution in [2.45, 2.75) is 65.0 Å². The van der Waals surface area contributed by atoms with Crippen molar-refractivity contribution in [3.63, 3.8) is 0 Å². The summed E-state index contributed by atoms with van der Waals surface area (Å²) in [6.45, 7) is 7.06. The van der Waals surface area contributed by atoms with E-state index in [2.05, 4.69) is 22.2 Å². The van der Waals surface area contributed by atoms with Gasteiger partial charge in [-0.05, 0) is 33.1 Å². The summed E-state index contributed by atoms with van der Waals surface area (Å²) < 4.78 is 7.49. The summed E-state index contributed by atoms with van der Waals surface area (Å²) in [5, 5.41) is 8.69. The molecule has 114 valence electrons. The predicted octanol–water partition coefficient (Wildman–Crippen LogP) is 2.69. The normalized spacial score (nSPS) is 17.5. The maximum Gasteiger partial charge on any atom is 0.261 e. The zero-order chi connectivity index (χ0) is 15.0. The van der Waals surface area contributed by atoms with Gasteiger partial charge in [0, 0.05) is 12.2 Å².